The van der Waals surface area contributed by atoms with Crippen molar-refractivity contribution in [3.05, 3.63) is 53.1 Å². The van der Waals surface area contributed by atoms with Gasteiger partial charge in [0.1, 0.15) is 17.2 Å². The quantitative estimate of drug-likeness (QED) is 0.0609. The predicted molar refractivity (Wildman–Crippen MR) is 200 cm³/mol. The van der Waals surface area contributed by atoms with E-state index in [1.54, 1.807) is 0 Å². The van der Waals surface area contributed by atoms with Crippen LogP contribution in [0.2, 0.25) is 0 Å². The molecular weight excluding hydrogens is 600 g/mol. The van der Waals surface area contributed by atoms with Gasteiger partial charge in [0.2, 0.25) is 0 Å². The number of hydrogen-bond acceptors (Lipinski definition) is 6. The fourth-order valence-corrected chi connectivity index (χ4v) is 6.55. The predicted octanol–water partition coefficient (Wildman–Crippen LogP) is 11.2. The van der Waals surface area contributed by atoms with Crippen LogP contribution in [0, 0.1) is 0 Å². The average Bonchev–Trinajstić information content (AvgIpc) is 3.11. The second kappa shape index (κ2) is 18.6. The summed E-state index contributed by atoms with van der Waals surface area (Å²) in [5, 5.41) is 39.6. The van der Waals surface area contributed by atoms with E-state index in [0.29, 0.717) is 56.3 Å². The minimum absolute atomic E-state index is 0.559. The van der Waals surface area contributed by atoms with Crippen LogP contribution in [0.4, 0.5) is 0 Å². The number of hydrogen-bond donors (Lipinski definition) is 3. The Hall–Kier alpha value is -3.06. The Labute approximate surface area is 288 Å². The first-order valence-corrected chi connectivity index (χ1v) is 18.8. The van der Waals surface area contributed by atoms with Crippen molar-refractivity contribution in [2.75, 3.05) is 19.8 Å². The highest BCUT2D eigenvalue weighted by Crippen LogP contribution is 2.46. The van der Waals surface area contributed by atoms with E-state index in [2.05, 4.69) is 57.2 Å². The number of aliphatic hydroxyl groups excluding tert-OH is 3. The zero-order chi connectivity index (χ0) is 34.6. The van der Waals surface area contributed by atoms with Gasteiger partial charge < -0.3 is 29.5 Å². The summed E-state index contributed by atoms with van der Waals surface area (Å²) in [4.78, 5) is 0. The van der Waals surface area contributed by atoms with Gasteiger partial charge in [-0.25, -0.2) is 0 Å². The van der Waals surface area contributed by atoms with Crippen molar-refractivity contribution in [2.45, 2.75) is 137 Å². The summed E-state index contributed by atoms with van der Waals surface area (Å²) in [5.41, 5.74) is 2.32. The standard InChI is InChI=1S/C42H60O6/c1-7-13-16-19-46-40-25-31-28(22-34(40)37(43)10-4)29-23-35(38(44)11-5)41(47-20-17-14-8-2)26-32(29)33-27-42(48-21-18-15-9-3)36(24-30(31)33)39(45)12-6/h22-27,37-39,43-45H,7-21H2,1-6H3. The lowest BCUT2D eigenvalue weighted by molar-refractivity contribution is 0.166. The van der Waals surface area contributed by atoms with Gasteiger partial charge in [-0.2, -0.15) is 0 Å². The Bertz CT molecular complexity index is 1610. The van der Waals surface area contributed by atoms with Gasteiger partial charge in [-0.05, 0) is 107 Å². The third-order valence-electron chi connectivity index (χ3n) is 9.57. The van der Waals surface area contributed by atoms with Gasteiger partial charge in [0, 0.05) is 16.7 Å². The maximum atomic E-state index is 11.3. The maximum Gasteiger partial charge on any atom is 0.125 e. The monoisotopic (exact) mass is 660 g/mol. The zero-order valence-electron chi connectivity index (χ0n) is 30.4. The smallest absolute Gasteiger partial charge is 0.125 e. The molecule has 0 bridgehead atoms. The summed E-state index contributed by atoms with van der Waals surface area (Å²) in [6.45, 7) is 14.2. The Balaban J connectivity index is 2.10. The van der Waals surface area contributed by atoms with Gasteiger partial charge in [0.25, 0.3) is 0 Å². The van der Waals surface area contributed by atoms with Crippen molar-refractivity contribution < 1.29 is 29.5 Å². The van der Waals surface area contributed by atoms with Crippen LogP contribution in [0.5, 0.6) is 17.2 Å². The van der Waals surface area contributed by atoms with Gasteiger partial charge in [-0.1, -0.05) is 80.1 Å². The molecular formula is C42H60O6. The molecule has 0 aliphatic heterocycles. The minimum Gasteiger partial charge on any atom is -0.493 e. The number of fused-ring (bicyclic) bond motifs is 6. The van der Waals surface area contributed by atoms with Crippen molar-refractivity contribution in [3.63, 3.8) is 0 Å². The van der Waals surface area contributed by atoms with E-state index in [1.807, 2.05) is 20.8 Å². The first kappa shape index (κ1) is 37.8. The molecule has 3 N–H and O–H groups in total. The topological polar surface area (TPSA) is 88.4 Å². The zero-order valence-corrected chi connectivity index (χ0v) is 30.4. The SMILES string of the molecule is CCCCCOc1cc2c3cc(OCCCCC)c(C(O)CC)cc3c3cc(C(O)CC)c(OCCCCC)cc3c2cc1C(O)CC. The molecule has 0 aromatic heterocycles. The molecule has 4 rings (SSSR count). The summed E-state index contributed by atoms with van der Waals surface area (Å²) < 4.78 is 19.2. The van der Waals surface area contributed by atoms with Gasteiger partial charge in [-0.3, -0.25) is 0 Å². The summed E-state index contributed by atoms with van der Waals surface area (Å²) in [6, 6.07) is 12.5. The summed E-state index contributed by atoms with van der Waals surface area (Å²) in [5.74, 6) is 2.09. The number of unbranched alkanes of at least 4 members (excludes halogenated alkanes) is 6. The van der Waals surface area contributed by atoms with Crippen molar-refractivity contribution in [3.8, 4) is 17.2 Å². The van der Waals surface area contributed by atoms with Crippen molar-refractivity contribution in [1.82, 2.24) is 0 Å². The number of rotatable bonds is 21. The molecule has 0 amide bonds. The molecule has 3 unspecified atom stereocenters. The highest BCUT2D eigenvalue weighted by molar-refractivity contribution is 6.26. The van der Waals surface area contributed by atoms with Crippen LogP contribution < -0.4 is 14.2 Å². The van der Waals surface area contributed by atoms with Gasteiger partial charge >= 0.3 is 0 Å². The molecule has 3 atom stereocenters. The van der Waals surface area contributed by atoms with E-state index in [1.165, 1.54) is 0 Å². The second-order valence-electron chi connectivity index (χ2n) is 13.2. The molecule has 0 radical (unpaired) electrons. The molecule has 0 saturated carbocycles. The minimum atomic E-state index is -0.681. The van der Waals surface area contributed by atoms with Gasteiger partial charge in [0.15, 0.2) is 0 Å². The molecule has 6 nitrogen and oxygen atoms in total. The Morgan fingerprint density at radius 1 is 0.396 bits per heavy atom. The van der Waals surface area contributed by atoms with E-state index < -0.39 is 18.3 Å². The third-order valence-corrected chi connectivity index (χ3v) is 9.57. The highest BCUT2D eigenvalue weighted by Gasteiger charge is 2.23. The molecule has 264 valence electrons. The average molecular weight is 661 g/mol. The van der Waals surface area contributed by atoms with Crippen LogP contribution in [0.15, 0.2) is 36.4 Å². The first-order valence-electron chi connectivity index (χ1n) is 18.8. The van der Waals surface area contributed by atoms with Crippen LogP contribution in [-0.4, -0.2) is 35.1 Å². The molecule has 0 aliphatic carbocycles. The Morgan fingerprint density at radius 2 is 0.646 bits per heavy atom. The molecule has 48 heavy (non-hydrogen) atoms. The molecule has 4 aromatic rings. The normalized spacial score (nSPS) is 13.7. The van der Waals surface area contributed by atoms with Crippen molar-refractivity contribution >= 4 is 32.3 Å². The number of benzene rings is 4. The lowest BCUT2D eigenvalue weighted by Crippen LogP contribution is -2.06. The lowest BCUT2D eigenvalue weighted by Gasteiger charge is -2.23. The van der Waals surface area contributed by atoms with E-state index in [4.69, 9.17) is 14.2 Å². The van der Waals surface area contributed by atoms with E-state index >= 15 is 0 Å². The van der Waals surface area contributed by atoms with Gasteiger partial charge in [0.05, 0.1) is 38.1 Å². The van der Waals surface area contributed by atoms with E-state index in [0.717, 1.165) is 107 Å². The summed E-state index contributed by atoms with van der Waals surface area (Å²) >= 11 is 0. The lowest BCUT2D eigenvalue weighted by atomic mass is 9.88. The van der Waals surface area contributed by atoms with Crippen LogP contribution in [0.25, 0.3) is 32.3 Å². The van der Waals surface area contributed by atoms with E-state index in [9.17, 15) is 15.3 Å². The molecule has 0 aliphatic rings. The second-order valence-corrected chi connectivity index (χ2v) is 13.2. The summed E-state index contributed by atoms with van der Waals surface area (Å²) in [7, 11) is 0. The van der Waals surface area contributed by atoms with E-state index in [-0.39, 0.29) is 0 Å². The Morgan fingerprint density at radius 3 is 0.875 bits per heavy atom. The number of aliphatic hydroxyl groups is 3. The first-order chi connectivity index (χ1) is 23.3. The maximum absolute atomic E-state index is 11.3. The summed E-state index contributed by atoms with van der Waals surface area (Å²) in [6.07, 6.45) is 9.05. The molecule has 0 saturated heterocycles. The van der Waals surface area contributed by atoms with Crippen molar-refractivity contribution in [2.24, 2.45) is 0 Å². The largest absolute Gasteiger partial charge is 0.493 e. The van der Waals surface area contributed by atoms with Crippen molar-refractivity contribution in [1.29, 1.82) is 0 Å². The molecule has 0 heterocycles. The van der Waals surface area contributed by atoms with Gasteiger partial charge in [-0.15, -0.1) is 0 Å². The molecule has 0 fully saturated rings. The molecule has 4 aromatic carbocycles. The van der Waals surface area contributed by atoms with Crippen LogP contribution in [0.3, 0.4) is 0 Å². The van der Waals surface area contributed by atoms with Crippen LogP contribution in [0.1, 0.15) is 154 Å². The molecule has 6 heteroatoms. The van der Waals surface area contributed by atoms with Crippen LogP contribution >= 0.6 is 0 Å². The van der Waals surface area contributed by atoms with Crippen LogP contribution in [-0.2, 0) is 0 Å². The Kier molecular flexibility index (Phi) is 14.7. The third kappa shape index (κ3) is 8.74. The number of ether oxygens (including phenoxy) is 3. The molecule has 0 spiro atoms. The fraction of sp³-hybridized carbons (Fsp3) is 0.571. The fourth-order valence-electron chi connectivity index (χ4n) is 6.55. The highest BCUT2D eigenvalue weighted by atomic mass is 16.5.